The van der Waals surface area contributed by atoms with Crippen LogP contribution in [0.2, 0.25) is 0 Å². The van der Waals surface area contributed by atoms with Crippen LogP contribution < -0.4 is 16.4 Å². The molecule has 0 spiro atoms. The van der Waals surface area contributed by atoms with Crippen molar-refractivity contribution in [3.8, 4) is 0 Å². The fourth-order valence-corrected chi connectivity index (χ4v) is 0.801. The Labute approximate surface area is 66.8 Å². The van der Waals surface area contributed by atoms with Gasteiger partial charge in [-0.1, -0.05) is 0 Å². The van der Waals surface area contributed by atoms with E-state index in [1.165, 1.54) is 0 Å². The summed E-state index contributed by atoms with van der Waals surface area (Å²) in [6.07, 6.45) is 0. The summed E-state index contributed by atoms with van der Waals surface area (Å²) in [4.78, 5) is 32.2. The number of carbonyl (C=O) groups is 3. The van der Waals surface area contributed by atoms with Gasteiger partial charge in [0, 0.05) is 0 Å². The zero-order valence-corrected chi connectivity index (χ0v) is 5.88. The van der Waals surface area contributed by atoms with Crippen molar-refractivity contribution in [1.29, 1.82) is 5.41 Å². The highest BCUT2D eigenvalue weighted by atomic mass is 16.2. The Morgan fingerprint density at radius 1 is 1.25 bits per heavy atom. The van der Waals surface area contributed by atoms with Gasteiger partial charge in [-0.15, -0.1) is 0 Å². The summed E-state index contributed by atoms with van der Waals surface area (Å²) in [6.45, 7) is 0. The van der Waals surface area contributed by atoms with Crippen molar-refractivity contribution in [1.82, 2.24) is 10.6 Å². The Bertz CT molecular complexity index is 264. The van der Waals surface area contributed by atoms with E-state index in [4.69, 9.17) is 11.1 Å². The summed E-state index contributed by atoms with van der Waals surface area (Å²) in [5, 5.41) is 10.5. The minimum atomic E-state index is -1.39. The molecule has 4 amide bonds. The van der Waals surface area contributed by atoms with Crippen molar-refractivity contribution in [2.45, 2.75) is 0 Å². The van der Waals surface area contributed by atoms with Crippen molar-refractivity contribution in [2.75, 3.05) is 0 Å². The summed E-state index contributed by atoms with van der Waals surface area (Å²) in [5.41, 5.74) is 4.94. The molecule has 7 heteroatoms. The number of nitrogens with one attached hydrogen (secondary N) is 3. The molecule has 0 aromatic rings. The first-order chi connectivity index (χ1) is 5.52. The smallest absolute Gasteiger partial charge is 0.328 e. The predicted molar refractivity (Wildman–Crippen MR) is 37.1 cm³/mol. The molecule has 0 radical (unpaired) electrons. The van der Waals surface area contributed by atoms with E-state index in [-0.39, 0.29) is 0 Å². The second kappa shape index (κ2) is 2.61. The molecule has 12 heavy (non-hydrogen) atoms. The highest BCUT2D eigenvalue weighted by Gasteiger charge is 2.36. The molecule has 0 saturated carbocycles. The molecule has 0 aromatic heterocycles. The lowest BCUT2D eigenvalue weighted by atomic mass is 10.1. The quantitative estimate of drug-likeness (QED) is 0.204. The maximum absolute atomic E-state index is 10.8. The average Bonchev–Trinajstić information content (AvgIpc) is 1.82. The normalized spacial score (nSPS) is 18.5. The molecule has 1 saturated heterocycles. The molecular weight excluding hydrogens is 164 g/mol. The molecular formula is C5H6N4O3. The minimum Gasteiger partial charge on any atom is -0.387 e. The van der Waals surface area contributed by atoms with Crippen molar-refractivity contribution in [2.24, 2.45) is 11.7 Å². The van der Waals surface area contributed by atoms with Gasteiger partial charge in [0.15, 0.2) is 5.92 Å². The number of barbiturate groups is 1. The van der Waals surface area contributed by atoms with Crippen LogP contribution in [-0.2, 0) is 9.59 Å². The predicted octanol–water partition coefficient (Wildman–Crippen LogP) is -2.10. The van der Waals surface area contributed by atoms with Crippen LogP contribution in [0.5, 0.6) is 0 Å². The van der Waals surface area contributed by atoms with Crippen LogP contribution in [0.3, 0.4) is 0 Å². The summed E-state index contributed by atoms with van der Waals surface area (Å²) >= 11 is 0. The number of amides is 4. The Kier molecular flexibility index (Phi) is 1.78. The molecule has 0 aromatic carbocycles. The molecule has 0 atom stereocenters. The highest BCUT2D eigenvalue weighted by Crippen LogP contribution is 2.00. The topological polar surface area (TPSA) is 125 Å². The van der Waals surface area contributed by atoms with Gasteiger partial charge >= 0.3 is 6.03 Å². The van der Waals surface area contributed by atoms with E-state index in [9.17, 15) is 14.4 Å². The highest BCUT2D eigenvalue weighted by molar-refractivity contribution is 6.26. The van der Waals surface area contributed by atoms with Crippen LogP contribution in [0.25, 0.3) is 0 Å². The first-order valence-electron chi connectivity index (χ1n) is 3.02. The van der Waals surface area contributed by atoms with Gasteiger partial charge in [0.25, 0.3) is 0 Å². The van der Waals surface area contributed by atoms with Crippen LogP contribution in [0.15, 0.2) is 0 Å². The zero-order chi connectivity index (χ0) is 9.30. The van der Waals surface area contributed by atoms with Crippen LogP contribution >= 0.6 is 0 Å². The van der Waals surface area contributed by atoms with E-state index < -0.39 is 29.6 Å². The van der Waals surface area contributed by atoms with Gasteiger partial charge in [0.2, 0.25) is 11.8 Å². The largest absolute Gasteiger partial charge is 0.387 e. The third-order valence-corrected chi connectivity index (χ3v) is 1.31. The van der Waals surface area contributed by atoms with E-state index in [1.807, 2.05) is 10.6 Å². The van der Waals surface area contributed by atoms with Gasteiger partial charge in [-0.3, -0.25) is 25.6 Å². The van der Waals surface area contributed by atoms with Crippen molar-refractivity contribution < 1.29 is 14.4 Å². The third-order valence-electron chi connectivity index (χ3n) is 1.31. The minimum absolute atomic E-state index is 0.586. The van der Waals surface area contributed by atoms with Crippen molar-refractivity contribution in [3.05, 3.63) is 0 Å². The lowest BCUT2D eigenvalue weighted by Crippen LogP contribution is -2.59. The Balaban J connectivity index is 2.88. The number of hydrogen-bond donors (Lipinski definition) is 4. The second-order valence-corrected chi connectivity index (χ2v) is 2.20. The van der Waals surface area contributed by atoms with Gasteiger partial charge in [0.05, 0.1) is 0 Å². The van der Waals surface area contributed by atoms with Crippen LogP contribution in [0, 0.1) is 11.3 Å². The molecule has 1 rings (SSSR count). The first-order valence-corrected chi connectivity index (χ1v) is 3.02. The average molecular weight is 170 g/mol. The number of rotatable bonds is 1. The van der Waals surface area contributed by atoms with Gasteiger partial charge in [0.1, 0.15) is 5.84 Å². The van der Waals surface area contributed by atoms with Gasteiger partial charge < -0.3 is 5.73 Å². The molecule has 7 nitrogen and oxygen atoms in total. The number of urea groups is 1. The third kappa shape index (κ3) is 1.24. The fourth-order valence-electron chi connectivity index (χ4n) is 0.801. The number of amidine groups is 1. The van der Waals surface area contributed by atoms with E-state index >= 15 is 0 Å². The number of imide groups is 2. The molecule has 5 N–H and O–H groups in total. The van der Waals surface area contributed by atoms with E-state index in [2.05, 4.69) is 0 Å². The second-order valence-electron chi connectivity index (χ2n) is 2.20. The van der Waals surface area contributed by atoms with Crippen molar-refractivity contribution >= 4 is 23.7 Å². The lowest BCUT2D eigenvalue weighted by molar-refractivity contribution is -0.132. The van der Waals surface area contributed by atoms with Gasteiger partial charge in [-0.25, -0.2) is 4.79 Å². The SMILES string of the molecule is N=C(N)C1C(=O)NC(=O)NC1=O. The Morgan fingerprint density at radius 3 is 2.00 bits per heavy atom. The molecule has 1 heterocycles. The van der Waals surface area contributed by atoms with Crippen LogP contribution in [0.4, 0.5) is 4.79 Å². The summed E-state index contributed by atoms with van der Waals surface area (Å²) in [5.74, 6) is -3.70. The molecule has 1 fully saturated rings. The maximum Gasteiger partial charge on any atom is 0.328 e. The molecule has 0 bridgehead atoms. The van der Waals surface area contributed by atoms with Crippen LogP contribution in [-0.4, -0.2) is 23.7 Å². The van der Waals surface area contributed by atoms with Crippen molar-refractivity contribution in [3.63, 3.8) is 0 Å². The number of carbonyl (C=O) groups excluding carboxylic acids is 3. The van der Waals surface area contributed by atoms with Gasteiger partial charge in [-0.05, 0) is 0 Å². The molecule has 1 aliphatic heterocycles. The van der Waals surface area contributed by atoms with Gasteiger partial charge in [-0.2, -0.15) is 0 Å². The first kappa shape index (κ1) is 8.18. The fraction of sp³-hybridized carbons (Fsp3) is 0.200. The van der Waals surface area contributed by atoms with E-state index in [0.29, 0.717) is 0 Å². The van der Waals surface area contributed by atoms with Crippen LogP contribution in [0.1, 0.15) is 0 Å². The Morgan fingerprint density at radius 2 is 1.67 bits per heavy atom. The number of hydrogen-bond acceptors (Lipinski definition) is 4. The maximum atomic E-state index is 10.8. The monoisotopic (exact) mass is 170 g/mol. The molecule has 0 unspecified atom stereocenters. The summed E-state index contributed by atoms with van der Waals surface area (Å²) < 4.78 is 0. The van der Waals surface area contributed by atoms with E-state index in [1.54, 1.807) is 0 Å². The molecule has 1 aliphatic rings. The standard InChI is InChI=1S/C5H6N4O3/c6-2(7)1-3(10)8-5(12)9-4(1)11/h1H,(H3,6,7)(H2,8,9,10,11,12). The molecule has 0 aliphatic carbocycles. The molecule has 64 valence electrons. The number of nitrogens with two attached hydrogens (primary N) is 1. The van der Waals surface area contributed by atoms with E-state index in [0.717, 1.165) is 0 Å². The zero-order valence-electron chi connectivity index (χ0n) is 5.88. The lowest BCUT2D eigenvalue weighted by Gasteiger charge is -2.18. The summed E-state index contributed by atoms with van der Waals surface area (Å²) in [6, 6.07) is -0.887. The Hall–Kier alpha value is -1.92. The summed E-state index contributed by atoms with van der Waals surface area (Å²) in [7, 11) is 0.